The number of nitrogens with one attached hydrogen (secondary N) is 1. The van der Waals surface area contributed by atoms with Gasteiger partial charge < -0.3 is 14.8 Å². The van der Waals surface area contributed by atoms with E-state index in [1.54, 1.807) is 14.2 Å². The quantitative estimate of drug-likeness (QED) is 0.597. The Bertz CT molecular complexity index is 167. The van der Waals surface area contributed by atoms with Crippen molar-refractivity contribution in [3.8, 4) is 0 Å². The lowest BCUT2D eigenvalue weighted by Gasteiger charge is -2.35. The van der Waals surface area contributed by atoms with E-state index in [0.29, 0.717) is 12.1 Å². The fourth-order valence-electron chi connectivity index (χ4n) is 2.10. The van der Waals surface area contributed by atoms with E-state index in [1.165, 1.54) is 0 Å². The molecule has 0 saturated heterocycles. The highest BCUT2D eigenvalue weighted by Crippen LogP contribution is 2.09. The molecule has 0 radical (unpaired) electrons. The number of nitrogens with zero attached hydrogens (tertiary/aromatic N) is 1. The third-order valence-corrected chi connectivity index (χ3v) is 3.10. The maximum Gasteiger partial charge on any atom is 0.0615 e. The van der Waals surface area contributed by atoms with Crippen LogP contribution in [0.3, 0.4) is 0 Å². The summed E-state index contributed by atoms with van der Waals surface area (Å²) in [5, 5.41) is 3.43. The first-order valence-corrected chi connectivity index (χ1v) is 6.65. The molecule has 1 N–H and O–H groups in total. The number of likely N-dealkylation sites (N-methyl/N-ethyl adjacent to an activating group) is 1. The summed E-state index contributed by atoms with van der Waals surface area (Å²) in [7, 11) is 3.51. The molecule has 2 atom stereocenters. The molecule has 0 aliphatic rings. The Kier molecular flexibility index (Phi) is 10.9. The molecule has 0 saturated carbocycles. The summed E-state index contributed by atoms with van der Waals surface area (Å²) >= 11 is 0. The van der Waals surface area contributed by atoms with Crippen LogP contribution >= 0.6 is 0 Å². The van der Waals surface area contributed by atoms with Crippen LogP contribution in [0.25, 0.3) is 0 Å². The average molecular weight is 246 g/mol. The summed E-state index contributed by atoms with van der Waals surface area (Å²) in [5.41, 5.74) is 0. The molecule has 2 unspecified atom stereocenters. The molecule has 0 bridgehead atoms. The van der Waals surface area contributed by atoms with Crippen LogP contribution in [0, 0.1) is 0 Å². The van der Waals surface area contributed by atoms with E-state index in [1.807, 2.05) is 0 Å². The first kappa shape index (κ1) is 16.8. The van der Waals surface area contributed by atoms with Gasteiger partial charge in [-0.1, -0.05) is 13.8 Å². The highest BCUT2D eigenvalue weighted by Gasteiger charge is 2.21. The van der Waals surface area contributed by atoms with Crippen molar-refractivity contribution >= 4 is 0 Å². The molecule has 0 rings (SSSR count). The standard InChI is InChI=1S/C13H30N2O2/c1-6-13(10-14-7-2)15(8-9-16-4)12(3)11-17-5/h12-14H,6-11H2,1-5H3. The topological polar surface area (TPSA) is 33.7 Å². The molecule has 0 aromatic carbocycles. The van der Waals surface area contributed by atoms with Crippen molar-refractivity contribution in [3.05, 3.63) is 0 Å². The summed E-state index contributed by atoms with van der Waals surface area (Å²) in [6.45, 7) is 11.2. The minimum Gasteiger partial charge on any atom is -0.383 e. The lowest BCUT2D eigenvalue weighted by molar-refractivity contribution is 0.0457. The second-order valence-electron chi connectivity index (χ2n) is 4.40. The summed E-state index contributed by atoms with van der Waals surface area (Å²) in [4.78, 5) is 2.48. The van der Waals surface area contributed by atoms with Crippen LogP contribution in [-0.2, 0) is 9.47 Å². The number of hydrogen-bond acceptors (Lipinski definition) is 4. The lowest BCUT2D eigenvalue weighted by Crippen LogP contribution is -2.49. The second kappa shape index (κ2) is 11.0. The molecule has 0 aliphatic carbocycles. The van der Waals surface area contributed by atoms with Crippen molar-refractivity contribution in [1.29, 1.82) is 0 Å². The smallest absolute Gasteiger partial charge is 0.0615 e. The summed E-state index contributed by atoms with van der Waals surface area (Å²) in [6.07, 6.45) is 1.14. The maximum absolute atomic E-state index is 5.26. The minimum atomic E-state index is 0.429. The van der Waals surface area contributed by atoms with Crippen molar-refractivity contribution in [2.24, 2.45) is 0 Å². The molecule has 0 spiro atoms. The van der Waals surface area contributed by atoms with E-state index in [0.717, 1.165) is 39.3 Å². The van der Waals surface area contributed by atoms with Crippen molar-refractivity contribution in [2.75, 3.05) is 47.1 Å². The molecule has 104 valence electrons. The average Bonchev–Trinajstić information content (AvgIpc) is 2.33. The van der Waals surface area contributed by atoms with Gasteiger partial charge in [0.1, 0.15) is 0 Å². The summed E-state index contributed by atoms with van der Waals surface area (Å²) in [5.74, 6) is 0. The maximum atomic E-state index is 5.26. The van der Waals surface area contributed by atoms with Crippen molar-refractivity contribution in [1.82, 2.24) is 10.2 Å². The molecule has 0 aromatic heterocycles. The van der Waals surface area contributed by atoms with Crippen molar-refractivity contribution < 1.29 is 9.47 Å². The van der Waals surface area contributed by atoms with Crippen LogP contribution in [0.1, 0.15) is 27.2 Å². The lowest BCUT2D eigenvalue weighted by atomic mass is 10.1. The van der Waals surface area contributed by atoms with Gasteiger partial charge in [-0.15, -0.1) is 0 Å². The molecular formula is C13H30N2O2. The van der Waals surface area contributed by atoms with E-state index in [9.17, 15) is 0 Å². The van der Waals surface area contributed by atoms with Gasteiger partial charge in [0.05, 0.1) is 13.2 Å². The Balaban J connectivity index is 4.37. The van der Waals surface area contributed by atoms with Gasteiger partial charge >= 0.3 is 0 Å². The Morgan fingerprint density at radius 2 is 1.88 bits per heavy atom. The van der Waals surface area contributed by atoms with Crippen molar-refractivity contribution in [3.63, 3.8) is 0 Å². The van der Waals surface area contributed by atoms with Crippen LogP contribution < -0.4 is 5.32 Å². The first-order chi connectivity index (χ1) is 8.21. The molecule has 4 nitrogen and oxygen atoms in total. The summed E-state index contributed by atoms with van der Waals surface area (Å²) < 4.78 is 10.5. The third kappa shape index (κ3) is 6.99. The fourth-order valence-corrected chi connectivity index (χ4v) is 2.10. The van der Waals surface area contributed by atoms with E-state index in [4.69, 9.17) is 9.47 Å². The normalized spacial score (nSPS) is 15.2. The zero-order valence-corrected chi connectivity index (χ0v) is 12.2. The first-order valence-electron chi connectivity index (χ1n) is 6.65. The predicted molar refractivity (Wildman–Crippen MR) is 72.5 cm³/mol. The van der Waals surface area contributed by atoms with Crippen LogP contribution in [0.4, 0.5) is 0 Å². The Morgan fingerprint density at radius 1 is 1.18 bits per heavy atom. The Labute approximate surface area is 107 Å². The highest BCUT2D eigenvalue weighted by atomic mass is 16.5. The SMILES string of the molecule is CCNCC(CC)N(CCOC)C(C)COC. The third-order valence-electron chi connectivity index (χ3n) is 3.10. The van der Waals surface area contributed by atoms with Crippen LogP contribution in [0.2, 0.25) is 0 Å². The molecule has 17 heavy (non-hydrogen) atoms. The highest BCUT2D eigenvalue weighted by molar-refractivity contribution is 4.77. The minimum absolute atomic E-state index is 0.429. The predicted octanol–water partition coefficient (Wildman–Crippen LogP) is 1.36. The monoisotopic (exact) mass is 246 g/mol. The fraction of sp³-hybridized carbons (Fsp3) is 1.00. The Hall–Kier alpha value is -0.160. The van der Waals surface area contributed by atoms with Crippen LogP contribution in [0.5, 0.6) is 0 Å². The molecule has 0 heterocycles. The van der Waals surface area contributed by atoms with Gasteiger partial charge in [0.2, 0.25) is 0 Å². The van der Waals surface area contributed by atoms with E-state index in [-0.39, 0.29) is 0 Å². The number of ether oxygens (including phenoxy) is 2. The molecule has 4 heteroatoms. The summed E-state index contributed by atoms with van der Waals surface area (Å²) in [6, 6.07) is 0.981. The molecule has 0 aliphatic heterocycles. The van der Waals surface area contributed by atoms with Gasteiger partial charge in [0.15, 0.2) is 0 Å². The number of methoxy groups -OCH3 is 2. The number of hydrogen-bond donors (Lipinski definition) is 1. The van der Waals surface area contributed by atoms with Gasteiger partial charge in [0.25, 0.3) is 0 Å². The van der Waals surface area contributed by atoms with Gasteiger partial charge in [0, 0.05) is 39.4 Å². The number of rotatable bonds is 11. The van der Waals surface area contributed by atoms with Gasteiger partial charge in [-0.3, -0.25) is 4.90 Å². The van der Waals surface area contributed by atoms with E-state index in [2.05, 4.69) is 31.0 Å². The molecule has 0 aromatic rings. The Morgan fingerprint density at radius 3 is 2.35 bits per heavy atom. The van der Waals surface area contributed by atoms with E-state index >= 15 is 0 Å². The zero-order chi connectivity index (χ0) is 13.1. The second-order valence-corrected chi connectivity index (χ2v) is 4.40. The molecule has 0 fully saturated rings. The van der Waals surface area contributed by atoms with Gasteiger partial charge in [-0.05, 0) is 19.9 Å². The zero-order valence-electron chi connectivity index (χ0n) is 12.2. The van der Waals surface area contributed by atoms with Crippen molar-refractivity contribution in [2.45, 2.75) is 39.3 Å². The van der Waals surface area contributed by atoms with Crippen LogP contribution in [-0.4, -0.2) is 64.1 Å². The molecular weight excluding hydrogens is 216 g/mol. The largest absolute Gasteiger partial charge is 0.383 e. The van der Waals surface area contributed by atoms with E-state index < -0.39 is 0 Å². The molecule has 0 amide bonds. The van der Waals surface area contributed by atoms with Crippen LogP contribution in [0.15, 0.2) is 0 Å². The van der Waals surface area contributed by atoms with Gasteiger partial charge in [-0.25, -0.2) is 0 Å². The van der Waals surface area contributed by atoms with Gasteiger partial charge in [-0.2, -0.15) is 0 Å².